The van der Waals surface area contributed by atoms with Crippen molar-refractivity contribution in [3.63, 3.8) is 0 Å². The molecule has 0 aromatic heterocycles. The number of ketones is 1. The molecule has 1 saturated carbocycles. The third-order valence-corrected chi connectivity index (χ3v) is 11.1. The second-order valence-corrected chi connectivity index (χ2v) is 14.1. The van der Waals surface area contributed by atoms with Crippen molar-refractivity contribution in [1.82, 2.24) is 0 Å². The molecule has 7 nitrogen and oxygen atoms in total. The van der Waals surface area contributed by atoms with Crippen molar-refractivity contribution in [2.24, 2.45) is 11.8 Å². The van der Waals surface area contributed by atoms with E-state index in [1.165, 1.54) is 12.1 Å². The van der Waals surface area contributed by atoms with Crippen LogP contribution < -0.4 is 4.90 Å². The Kier molecular flexibility index (Phi) is 7.26. The number of amides is 2. The molecule has 2 amide bonds. The SMILES string of the molecule is O=C1[C@H]2[C@H](C(=O)N1c1ccc(Br)cc1[N+](=O)[O-])[C@@]1(c3ccc(Cl)cc3)C(=O)[C@@]2(c2ccc(Cl)cc2)C(c2ccccc2)=C1c1ccccc1. The molecule has 10 heteroatoms. The molecule has 1 saturated heterocycles. The Morgan fingerprint density at radius 1 is 0.633 bits per heavy atom. The number of anilines is 1. The van der Waals surface area contributed by atoms with E-state index in [1.54, 1.807) is 54.6 Å². The Morgan fingerprint density at radius 2 is 1.06 bits per heavy atom. The lowest BCUT2D eigenvalue weighted by molar-refractivity contribution is -0.384. The van der Waals surface area contributed by atoms with E-state index in [9.17, 15) is 10.1 Å². The number of hydrogen-bond acceptors (Lipinski definition) is 5. The normalized spacial score (nSPS) is 24.1. The Morgan fingerprint density at radius 3 is 1.47 bits per heavy atom. The zero-order valence-corrected chi connectivity index (χ0v) is 28.4. The summed E-state index contributed by atoms with van der Waals surface area (Å²) < 4.78 is 0.409. The fourth-order valence-corrected chi connectivity index (χ4v) is 9.03. The van der Waals surface area contributed by atoms with E-state index < -0.39 is 45.1 Å². The minimum atomic E-state index is -1.69. The molecule has 2 fully saturated rings. The summed E-state index contributed by atoms with van der Waals surface area (Å²) in [5.41, 5.74) is -0.386. The number of Topliss-reactive ketones (excluding diaryl/α,β-unsaturated/α-hetero) is 1. The Labute approximate surface area is 299 Å². The number of nitro benzene ring substituents is 1. The lowest BCUT2D eigenvalue weighted by atomic mass is 9.59. The lowest BCUT2D eigenvalue weighted by Gasteiger charge is -2.39. The minimum absolute atomic E-state index is 0.163. The first-order valence-electron chi connectivity index (χ1n) is 15.4. The second-order valence-electron chi connectivity index (χ2n) is 12.3. The number of nitro groups is 1. The maximum atomic E-state index is 16.0. The molecule has 0 N–H and O–H groups in total. The average Bonchev–Trinajstić information content (AvgIpc) is 3.61. The Bertz CT molecular complexity index is 2130. The molecule has 49 heavy (non-hydrogen) atoms. The summed E-state index contributed by atoms with van der Waals surface area (Å²) in [6.45, 7) is 0. The zero-order valence-electron chi connectivity index (χ0n) is 25.3. The second kappa shape index (κ2) is 11.3. The largest absolute Gasteiger partial charge is 0.297 e. The van der Waals surface area contributed by atoms with Crippen LogP contribution in [0.25, 0.3) is 11.1 Å². The van der Waals surface area contributed by atoms with Gasteiger partial charge in [-0.15, -0.1) is 0 Å². The van der Waals surface area contributed by atoms with Crippen LogP contribution >= 0.6 is 39.1 Å². The summed E-state index contributed by atoms with van der Waals surface area (Å²) in [6.07, 6.45) is 0. The first-order chi connectivity index (χ1) is 23.6. The smallest absolute Gasteiger partial charge is 0.294 e. The molecular weight excluding hydrogens is 727 g/mol. The van der Waals surface area contributed by atoms with E-state index >= 15 is 14.4 Å². The van der Waals surface area contributed by atoms with Gasteiger partial charge >= 0.3 is 0 Å². The van der Waals surface area contributed by atoms with Gasteiger partial charge in [0, 0.05) is 20.6 Å². The van der Waals surface area contributed by atoms with Crippen molar-refractivity contribution >= 4 is 79.3 Å². The number of carbonyl (C=O) groups is 3. The molecule has 5 aromatic rings. The summed E-state index contributed by atoms with van der Waals surface area (Å²) in [7, 11) is 0. The van der Waals surface area contributed by atoms with Crippen molar-refractivity contribution in [2.75, 3.05) is 4.90 Å². The van der Waals surface area contributed by atoms with E-state index in [4.69, 9.17) is 23.2 Å². The van der Waals surface area contributed by atoms with E-state index in [-0.39, 0.29) is 11.5 Å². The highest BCUT2D eigenvalue weighted by Crippen LogP contribution is 2.74. The predicted molar refractivity (Wildman–Crippen MR) is 191 cm³/mol. The molecule has 1 heterocycles. The van der Waals surface area contributed by atoms with Gasteiger partial charge in [-0.2, -0.15) is 0 Å². The third-order valence-electron chi connectivity index (χ3n) is 10.1. The standard InChI is InChI=1S/C39H23BrCl2N2O5/c40-26-15-20-29(30(21-26)44(48)49)43-35(45)33-34(36(43)46)39(25-13-18-28(42)19-14-25)32(23-9-5-2-6-10-23)31(22-7-3-1-4-8-22)38(33,37(39)47)24-11-16-27(41)17-12-24/h1-21,33-34H/t33-,34-,38+,39+/m1/s1. The van der Waals surface area contributed by atoms with E-state index in [0.717, 1.165) is 4.90 Å². The maximum absolute atomic E-state index is 16.0. The molecule has 3 aliphatic rings. The van der Waals surface area contributed by atoms with Crippen molar-refractivity contribution in [2.45, 2.75) is 10.8 Å². The third kappa shape index (κ3) is 4.17. The van der Waals surface area contributed by atoms with Gasteiger partial charge in [-0.1, -0.05) is 124 Å². The van der Waals surface area contributed by atoms with Crippen molar-refractivity contribution < 1.29 is 19.3 Å². The molecule has 0 radical (unpaired) electrons. The van der Waals surface area contributed by atoms with E-state index in [1.807, 2.05) is 60.7 Å². The Hall–Kier alpha value is -4.89. The highest BCUT2D eigenvalue weighted by molar-refractivity contribution is 9.10. The van der Waals surface area contributed by atoms with Crippen molar-refractivity contribution in [1.29, 1.82) is 0 Å². The number of hydrogen-bond donors (Lipinski definition) is 0. The topological polar surface area (TPSA) is 97.6 Å². The van der Waals surface area contributed by atoms with Crippen LogP contribution in [-0.4, -0.2) is 22.5 Å². The van der Waals surface area contributed by atoms with Gasteiger partial charge in [0.2, 0.25) is 11.8 Å². The minimum Gasteiger partial charge on any atom is -0.297 e. The van der Waals surface area contributed by atoms with Crippen LogP contribution in [0.15, 0.2) is 132 Å². The molecule has 0 spiro atoms. The van der Waals surface area contributed by atoms with Gasteiger partial charge in [-0.25, -0.2) is 4.90 Å². The van der Waals surface area contributed by atoms with Gasteiger partial charge in [0.15, 0.2) is 5.78 Å². The van der Waals surface area contributed by atoms with E-state index in [0.29, 0.717) is 47.9 Å². The van der Waals surface area contributed by atoms with Gasteiger partial charge < -0.3 is 0 Å². The van der Waals surface area contributed by atoms with Gasteiger partial charge in [-0.05, 0) is 69.8 Å². The number of fused-ring (bicyclic) bond motifs is 5. The molecule has 4 atom stereocenters. The number of halogens is 3. The molecule has 2 bridgehead atoms. The van der Waals surface area contributed by atoms with Crippen LogP contribution in [0, 0.1) is 22.0 Å². The summed E-state index contributed by atoms with van der Waals surface area (Å²) in [4.78, 5) is 58.9. The van der Waals surface area contributed by atoms with Crippen LogP contribution in [0.4, 0.5) is 11.4 Å². The molecule has 2 aliphatic carbocycles. The fourth-order valence-electron chi connectivity index (χ4n) is 8.43. The van der Waals surface area contributed by atoms with Gasteiger partial charge in [0.05, 0.1) is 27.6 Å². The van der Waals surface area contributed by atoms with Crippen LogP contribution in [0.1, 0.15) is 22.3 Å². The highest BCUT2D eigenvalue weighted by Gasteiger charge is 2.83. The number of carbonyl (C=O) groups excluding carboxylic acids is 3. The number of benzene rings is 5. The highest BCUT2D eigenvalue weighted by atomic mass is 79.9. The zero-order chi connectivity index (χ0) is 34.2. The molecule has 5 aromatic carbocycles. The fraction of sp³-hybridized carbons (Fsp3) is 0.103. The predicted octanol–water partition coefficient (Wildman–Crippen LogP) is 8.85. The summed E-state index contributed by atoms with van der Waals surface area (Å²) in [6, 6.07) is 36.5. The summed E-state index contributed by atoms with van der Waals surface area (Å²) >= 11 is 16.1. The monoisotopic (exact) mass is 748 g/mol. The number of nitrogens with zero attached hydrogens (tertiary/aromatic N) is 2. The van der Waals surface area contributed by atoms with Crippen LogP contribution in [0.5, 0.6) is 0 Å². The maximum Gasteiger partial charge on any atom is 0.294 e. The van der Waals surface area contributed by atoms with Crippen LogP contribution in [-0.2, 0) is 25.2 Å². The number of imide groups is 1. The summed E-state index contributed by atoms with van der Waals surface area (Å²) in [5, 5.41) is 13.2. The molecule has 240 valence electrons. The molecule has 0 unspecified atom stereocenters. The molecule has 1 aliphatic heterocycles. The molecule has 8 rings (SSSR count). The first-order valence-corrected chi connectivity index (χ1v) is 16.9. The number of allylic oxidation sites excluding steroid dienone is 2. The van der Waals surface area contributed by atoms with Crippen LogP contribution in [0.3, 0.4) is 0 Å². The average molecular weight is 750 g/mol. The van der Waals surface area contributed by atoms with Crippen molar-refractivity contribution in [3.05, 3.63) is 174 Å². The lowest BCUT2D eigenvalue weighted by Crippen LogP contribution is -2.45. The van der Waals surface area contributed by atoms with Crippen molar-refractivity contribution in [3.8, 4) is 0 Å². The number of rotatable bonds is 6. The summed E-state index contributed by atoms with van der Waals surface area (Å²) in [5.74, 6) is -4.23. The first kappa shape index (κ1) is 31.4. The van der Waals surface area contributed by atoms with Crippen LogP contribution in [0.2, 0.25) is 10.0 Å². The molecular formula is C39H23BrCl2N2O5. The van der Waals surface area contributed by atoms with Gasteiger partial charge in [0.25, 0.3) is 5.69 Å². The van der Waals surface area contributed by atoms with Gasteiger partial charge in [0.1, 0.15) is 5.69 Å². The quantitative estimate of drug-likeness (QED) is 0.0982. The Balaban J connectivity index is 1.55. The van der Waals surface area contributed by atoms with Gasteiger partial charge in [-0.3, -0.25) is 24.5 Å². The van der Waals surface area contributed by atoms with E-state index in [2.05, 4.69) is 15.9 Å².